The van der Waals surface area contributed by atoms with Crippen LogP contribution < -0.4 is 15.9 Å². The Labute approximate surface area is 209 Å². The molecule has 6 heteroatoms. The summed E-state index contributed by atoms with van der Waals surface area (Å²) in [6, 6.07) is 36.0. The lowest BCUT2D eigenvalue weighted by Crippen LogP contribution is -2.42. The van der Waals surface area contributed by atoms with Crippen molar-refractivity contribution >= 4 is 29.1 Å². The third kappa shape index (κ3) is 4.44. The summed E-state index contributed by atoms with van der Waals surface area (Å²) in [5.74, 6) is 0.0554. The fraction of sp³-hybridized carbons (Fsp3) is 0.167. The lowest BCUT2D eigenvalue weighted by molar-refractivity contribution is -0.137. The second-order valence-corrected chi connectivity index (χ2v) is 12.6. The molecule has 4 aromatic rings. The van der Waals surface area contributed by atoms with Gasteiger partial charge in [0.15, 0.2) is 5.66 Å². The number of hydrogen-bond donors (Lipinski definition) is 0. The first-order valence-corrected chi connectivity index (χ1v) is 13.8. The largest absolute Gasteiger partial charge is 0.416 e. The zero-order valence-corrected chi connectivity index (χ0v) is 20.5. The van der Waals surface area contributed by atoms with Crippen LogP contribution in [0, 0.1) is 0 Å². The molecule has 0 spiro atoms. The Bertz CT molecular complexity index is 1210. The van der Waals surface area contributed by atoms with Gasteiger partial charge in [-0.2, -0.15) is 13.2 Å². The van der Waals surface area contributed by atoms with Crippen molar-refractivity contribution in [1.82, 2.24) is 4.90 Å². The summed E-state index contributed by atoms with van der Waals surface area (Å²) in [6.07, 6.45) is -3.69. The van der Waals surface area contributed by atoms with Crippen LogP contribution in [0.2, 0.25) is 0 Å². The molecule has 1 saturated heterocycles. The van der Waals surface area contributed by atoms with Crippen molar-refractivity contribution in [3.8, 4) is 0 Å². The molecule has 1 heterocycles. The van der Waals surface area contributed by atoms with Crippen LogP contribution in [0.5, 0.6) is 0 Å². The van der Waals surface area contributed by atoms with Crippen LogP contribution in [0.4, 0.5) is 13.2 Å². The van der Waals surface area contributed by atoms with Crippen molar-refractivity contribution in [2.24, 2.45) is 0 Å². The van der Waals surface area contributed by atoms with E-state index < -0.39 is 19.0 Å². The van der Waals surface area contributed by atoms with Gasteiger partial charge in [-0.1, -0.05) is 66.7 Å². The van der Waals surface area contributed by atoms with E-state index in [0.717, 1.165) is 28.0 Å². The van der Waals surface area contributed by atoms with Gasteiger partial charge in [-0.05, 0) is 54.1 Å². The highest BCUT2D eigenvalue weighted by atomic mass is 31.2. The summed E-state index contributed by atoms with van der Waals surface area (Å²) in [7, 11) is -2.37. The van der Waals surface area contributed by atoms with Gasteiger partial charge >= 0.3 is 6.18 Å². The molecule has 0 unspecified atom stereocenters. The Balaban J connectivity index is 1.56. The van der Waals surface area contributed by atoms with Crippen LogP contribution in [-0.4, -0.2) is 23.0 Å². The van der Waals surface area contributed by atoms with E-state index in [1.807, 2.05) is 54.6 Å². The van der Waals surface area contributed by atoms with E-state index in [0.29, 0.717) is 25.1 Å². The van der Waals surface area contributed by atoms with Gasteiger partial charge in [0.05, 0.1) is 5.56 Å². The maximum Gasteiger partial charge on any atom is 0.416 e. The molecule has 0 saturated carbocycles. The molecular weight excluding hydrogens is 478 g/mol. The van der Waals surface area contributed by atoms with Crippen LogP contribution in [0.15, 0.2) is 115 Å². The molecule has 1 atom stereocenters. The minimum atomic E-state index is -4.38. The molecule has 36 heavy (non-hydrogen) atoms. The topological polar surface area (TPSA) is 20.3 Å². The minimum Gasteiger partial charge on any atom is -0.335 e. The van der Waals surface area contributed by atoms with Crippen molar-refractivity contribution in [3.05, 3.63) is 126 Å². The SMILES string of the molecule is O=C1[C@H]([P+](c2ccccc2)(c2ccccc2)c2ccccc2)CCN1Cc1ccc(C(F)(F)F)cc1. The Morgan fingerprint density at radius 1 is 0.694 bits per heavy atom. The van der Waals surface area contributed by atoms with Gasteiger partial charge in [0.25, 0.3) is 5.91 Å². The van der Waals surface area contributed by atoms with Crippen LogP contribution in [0.1, 0.15) is 17.5 Å². The number of carbonyl (C=O) groups excluding carboxylic acids is 1. The molecule has 1 aliphatic heterocycles. The Kier molecular flexibility index (Phi) is 6.68. The first-order valence-electron chi connectivity index (χ1n) is 11.9. The van der Waals surface area contributed by atoms with Gasteiger partial charge in [-0.15, -0.1) is 0 Å². The average molecular weight is 505 g/mol. The zero-order valence-electron chi connectivity index (χ0n) is 19.6. The van der Waals surface area contributed by atoms with Gasteiger partial charge in [-0.25, -0.2) is 0 Å². The average Bonchev–Trinajstić information content (AvgIpc) is 3.26. The van der Waals surface area contributed by atoms with E-state index in [2.05, 4.69) is 36.4 Å². The number of likely N-dealkylation sites (tertiary alicyclic amines) is 1. The molecule has 1 fully saturated rings. The van der Waals surface area contributed by atoms with Crippen LogP contribution in [-0.2, 0) is 17.5 Å². The van der Waals surface area contributed by atoms with E-state index >= 15 is 0 Å². The van der Waals surface area contributed by atoms with Crippen molar-refractivity contribution in [1.29, 1.82) is 0 Å². The van der Waals surface area contributed by atoms with Gasteiger partial charge < -0.3 is 4.90 Å². The summed E-state index contributed by atoms with van der Waals surface area (Å²) in [4.78, 5) is 15.9. The fourth-order valence-electron chi connectivity index (χ4n) is 5.23. The standard InChI is InChI=1S/C30H26F3NOP/c31-30(32,33)24-18-16-23(17-19-24)22-34-21-20-28(29(34)35)36(25-10-4-1-5-11-25,26-12-6-2-7-13-26)27-14-8-3-9-15-27/h1-19,28H,20-22H2/q+1/t28-/m1/s1. The summed E-state index contributed by atoms with van der Waals surface area (Å²) in [5.41, 5.74) is -0.238. The summed E-state index contributed by atoms with van der Waals surface area (Å²) < 4.78 is 39.0. The second-order valence-electron chi connectivity index (χ2n) is 8.99. The minimum absolute atomic E-state index is 0.0554. The van der Waals surface area contributed by atoms with Crippen LogP contribution in [0.25, 0.3) is 0 Å². The number of carbonyl (C=O) groups is 1. The molecule has 182 valence electrons. The summed E-state index contributed by atoms with van der Waals surface area (Å²) in [6.45, 7) is 0.866. The normalized spacial score (nSPS) is 16.4. The monoisotopic (exact) mass is 504 g/mol. The van der Waals surface area contributed by atoms with E-state index in [9.17, 15) is 18.0 Å². The lowest BCUT2D eigenvalue weighted by atomic mass is 10.1. The number of halogens is 3. The molecule has 4 aromatic carbocycles. The number of rotatable bonds is 6. The Morgan fingerprint density at radius 2 is 1.14 bits per heavy atom. The quantitative estimate of drug-likeness (QED) is 0.304. The first kappa shape index (κ1) is 24.3. The number of benzene rings is 4. The Morgan fingerprint density at radius 3 is 1.56 bits per heavy atom. The van der Waals surface area contributed by atoms with Crippen molar-refractivity contribution in [3.63, 3.8) is 0 Å². The molecule has 1 aliphatic rings. The predicted molar refractivity (Wildman–Crippen MR) is 140 cm³/mol. The molecule has 0 N–H and O–H groups in total. The number of nitrogens with zero attached hydrogens (tertiary/aromatic N) is 1. The van der Waals surface area contributed by atoms with E-state index in [1.165, 1.54) is 12.1 Å². The van der Waals surface area contributed by atoms with Gasteiger partial charge in [0, 0.05) is 19.5 Å². The molecule has 5 rings (SSSR count). The van der Waals surface area contributed by atoms with E-state index in [1.54, 1.807) is 4.90 Å². The molecule has 0 radical (unpaired) electrons. The highest BCUT2D eigenvalue weighted by Crippen LogP contribution is 2.62. The molecule has 2 nitrogen and oxygen atoms in total. The highest BCUT2D eigenvalue weighted by Gasteiger charge is 2.58. The molecular formula is C30H26F3NOP+. The maximum atomic E-state index is 14.1. The lowest BCUT2D eigenvalue weighted by Gasteiger charge is -2.32. The van der Waals surface area contributed by atoms with Gasteiger partial charge in [0.1, 0.15) is 23.2 Å². The van der Waals surface area contributed by atoms with Crippen molar-refractivity contribution < 1.29 is 18.0 Å². The van der Waals surface area contributed by atoms with Crippen molar-refractivity contribution in [2.75, 3.05) is 6.54 Å². The molecule has 1 amide bonds. The second kappa shape index (κ2) is 9.91. The first-order chi connectivity index (χ1) is 17.4. The predicted octanol–water partition coefficient (Wildman–Crippen LogP) is 5.80. The van der Waals surface area contributed by atoms with Crippen molar-refractivity contribution in [2.45, 2.75) is 24.8 Å². The zero-order chi connectivity index (χ0) is 25.2. The highest BCUT2D eigenvalue weighted by molar-refractivity contribution is 7.96. The van der Waals surface area contributed by atoms with Gasteiger partial charge in [-0.3, -0.25) is 4.79 Å². The smallest absolute Gasteiger partial charge is 0.335 e. The fourth-order valence-corrected chi connectivity index (χ4v) is 10.1. The van der Waals surface area contributed by atoms with Crippen LogP contribution in [0.3, 0.4) is 0 Å². The molecule has 0 aromatic heterocycles. The maximum absolute atomic E-state index is 14.1. The van der Waals surface area contributed by atoms with E-state index in [4.69, 9.17) is 0 Å². The molecule has 0 aliphatic carbocycles. The van der Waals surface area contributed by atoms with E-state index in [-0.39, 0.29) is 11.6 Å². The Hall–Kier alpha value is -3.43. The number of hydrogen-bond acceptors (Lipinski definition) is 1. The van der Waals surface area contributed by atoms with Gasteiger partial charge in [0.2, 0.25) is 0 Å². The van der Waals surface area contributed by atoms with Crippen LogP contribution >= 0.6 is 7.26 Å². The number of amides is 1. The summed E-state index contributed by atoms with van der Waals surface area (Å²) >= 11 is 0. The third-order valence-corrected chi connectivity index (χ3v) is 11.6. The number of alkyl halides is 3. The summed E-state index contributed by atoms with van der Waals surface area (Å²) in [5, 5.41) is 3.45. The molecule has 0 bridgehead atoms. The third-order valence-electron chi connectivity index (χ3n) is 6.88.